The lowest BCUT2D eigenvalue weighted by Gasteiger charge is -2.28. The van der Waals surface area contributed by atoms with Crippen molar-refractivity contribution in [3.8, 4) is 11.1 Å². The Balaban J connectivity index is 1.41. The molecule has 1 fully saturated rings. The molecule has 35 heavy (non-hydrogen) atoms. The van der Waals surface area contributed by atoms with Crippen LogP contribution in [0.1, 0.15) is 43.7 Å². The fourth-order valence-electron chi connectivity index (χ4n) is 4.86. The molecule has 1 aliphatic rings. The molecule has 182 valence electrons. The van der Waals surface area contributed by atoms with Crippen molar-refractivity contribution in [1.82, 2.24) is 24.3 Å². The molecule has 4 aromatic rings. The summed E-state index contributed by atoms with van der Waals surface area (Å²) in [5.74, 6) is 0.346. The van der Waals surface area contributed by atoms with Crippen molar-refractivity contribution in [2.24, 2.45) is 5.92 Å². The minimum absolute atomic E-state index is 0.141. The molecular formula is C24H25BrN6O3S. The van der Waals surface area contributed by atoms with Gasteiger partial charge in [-0.05, 0) is 59.7 Å². The number of fused-ring (bicyclic) bond motifs is 2. The minimum atomic E-state index is -3.54. The van der Waals surface area contributed by atoms with Crippen LogP contribution in [-0.2, 0) is 14.8 Å². The molecule has 5 rings (SSSR count). The van der Waals surface area contributed by atoms with Crippen LogP contribution in [0, 0.1) is 5.92 Å². The molecule has 3 aromatic heterocycles. The van der Waals surface area contributed by atoms with Gasteiger partial charge in [0.15, 0.2) is 5.65 Å². The number of pyridine rings is 1. The number of amides is 1. The second-order valence-electron chi connectivity index (χ2n) is 9.13. The summed E-state index contributed by atoms with van der Waals surface area (Å²) >= 11 is 3.63. The monoisotopic (exact) mass is 556 g/mol. The van der Waals surface area contributed by atoms with Gasteiger partial charge in [-0.1, -0.05) is 18.2 Å². The number of sulfonamides is 1. The lowest BCUT2D eigenvalue weighted by Crippen LogP contribution is -2.31. The molecule has 1 aromatic carbocycles. The largest absolute Gasteiger partial charge is 0.383 e. The average Bonchev–Trinajstić information content (AvgIpc) is 3.24. The van der Waals surface area contributed by atoms with E-state index in [1.54, 1.807) is 10.7 Å². The Morgan fingerprint density at radius 2 is 1.94 bits per heavy atom. The van der Waals surface area contributed by atoms with Crippen molar-refractivity contribution < 1.29 is 13.2 Å². The van der Waals surface area contributed by atoms with E-state index in [4.69, 9.17) is 10.7 Å². The molecular weight excluding hydrogens is 532 g/mol. The summed E-state index contributed by atoms with van der Waals surface area (Å²) in [4.78, 5) is 21.6. The van der Waals surface area contributed by atoms with Gasteiger partial charge in [-0.3, -0.25) is 14.5 Å². The summed E-state index contributed by atoms with van der Waals surface area (Å²) in [6, 6.07) is 10.0. The smallest absolute Gasteiger partial charge is 0.233 e. The first-order valence-corrected chi connectivity index (χ1v) is 14.1. The quantitative estimate of drug-likeness (QED) is 0.379. The highest BCUT2D eigenvalue weighted by molar-refractivity contribution is 9.10. The van der Waals surface area contributed by atoms with E-state index in [1.165, 1.54) is 0 Å². The second kappa shape index (κ2) is 9.19. The highest BCUT2D eigenvalue weighted by Gasteiger charge is 2.28. The molecule has 3 N–H and O–H groups in total. The minimum Gasteiger partial charge on any atom is -0.383 e. The zero-order valence-corrected chi connectivity index (χ0v) is 21.5. The number of nitrogens with two attached hydrogens (primary N) is 1. The Morgan fingerprint density at radius 1 is 1.20 bits per heavy atom. The Labute approximate surface area is 211 Å². The van der Waals surface area contributed by atoms with Crippen LogP contribution in [0.3, 0.4) is 0 Å². The SMILES string of the molecule is CS(=O)(=O)NC(=O)CC1CCC(c2nc3c(-c4cnc5ccccc5c4)cnn3c(N)c2Br)CC1. The second-order valence-corrected chi connectivity index (χ2v) is 11.7. The Bertz CT molecular complexity index is 1540. The number of aromatic nitrogens is 4. The lowest BCUT2D eigenvalue weighted by atomic mass is 9.79. The van der Waals surface area contributed by atoms with Crippen molar-refractivity contribution in [3.63, 3.8) is 0 Å². The van der Waals surface area contributed by atoms with Crippen molar-refractivity contribution in [2.45, 2.75) is 38.0 Å². The van der Waals surface area contributed by atoms with Crippen LogP contribution < -0.4 is 10.5 Å². The van der Waals surface area contributed by atoms with Gasteiger partial charge in [0.2, 0.25) is 15.9 Å². The third-order valence-corrected chi connectivity index (χ3v) is 7.97. The summed E-state index contributed by atoms with van der Waals surface area (Å²) in [6.45, 7) is 0. The van der Waals surface area contributed by atoms with E-state index in [0.717, 1.165) is 64.1 Å². The summed E-state index contributed by atoms with van der Waals surface area (Å²) < 4.78 is 27.0. The van der Waals surface area contributed by atoms with E-state index < -0.39 is 15.9 Å². The molecule has 0 unspecified atom stereocenters. The Kier molecular flexibility index (Phi) is 6.22. The average molecular weight is 557 g/mol. The van der Waals surface area contributed by atoms with Crippen LogP contribution in [0.2, 0.25) is 0 Å². The van der Waals surface area contributed by atoms with Gasteiger partial charge in [0, 0.05) is 35.0 Å². The van der Waals surface area contributed by atoms with E-state index >= 15 is 0 Å². The van der Waals surface area contributed by atoms with Crippen LogP contribution in [0.5, 0.6) is 0 Å². The number of nitrogens with one attached hydrogen (secondary N) is 1. The number of nitrogens with zero attached hydrogens (tertiary/aromatic N) is 4. The normalized spacial score (nSPS) is 18.7. The zero-order chi connectivity index (χ0) is 24.7. The first-order valence-electron chi connectivity index (χ1n) is 11.4. The fourth-order valence-corrected chi connectivity index (χ4v) is 5.93. The number of benzene rings is 1. The molecule has 1 saturated carbocycles. The predicted molar refractivity (Wildman–Crippen MR) is 138 cm³/mol. The van der Waals surface area contributed by atoms with Crippen molar-refractivity contribution in [3.05, 3.63) is 52.9 Å². The number of para-hydroxylation sites is 1. The molecule has 1 aliphatic carbocycles. The molecule has 1 amide bonds. The number of rotatable bonds is 5. The van der Waals surface area contributed by atoms with Crippen molar-refractivity contribution in [1.29, 1.82) is 0 Å². The van der Waals surface area contributed by atoms with Crippen LogP contribution >= 0.6 is 15.9 Å². The van der Waals surface area contributed by atoms with E-state index in [-0.39, 0.29) is 18.3 Å². The Hall–Kier alpha value is -3.05. The zero-order valence-electron chi connectivity index (χ0n) is 19.1. The highest BCUT2D eigenvalue weighted by atomic mass is 79.9. The third-order valence-electron chi connectivity index (χ3n) is 6.56. The number of halogens is 1. The highest BCUT2D eigenvalue weighted by Crippen LogP contribution is 2.41. The fraction of sp³-hybridized carbons (Fsp3) is 0.333. The van der Waals surface area contributed by atoms with Crippen molar-refractivity contribution >= 4 is 54.2 Å². The molecule has 0 spiro atoms. The van der Waals surface area contributed by atoms with Crippen LogP contribution in [0.25, 0.3) is 27.7 Å². The molecule has 0 aliphatic heterocycles. The molecule has 0 atom stereocenters. The van der Waals surface area contributed by atoms with Gasteiger partial charge in [-0.15, -0.1) is 0 Å². The summed E-state index contributed by atoms with van der Waals surface area (Å²) in [6.07, 6.45) is 8.06. The summed E-state index contributed by atoms with van der Waals surface area (Å²) in [7, 11) is -3.54. The van der Waals surface area contributed by atoms with E-state index in [9.17, 15) is 13.2 Å². The van der Waals surface area contributed by atoms with E-state index in [2.05, 4.69) is 36.8 Å². The molecule has 0 radical (unpaired) electrons. The third kappa shape index (κ3) is 4.87. The molecule has 0 saturated heterocycles. The van der Waals surface area contributed by atoms with Gasteiger partial charge in [-0.25, -0.2) is 13.4 Å². The predicted octanol–water partition coefficient (Wildman–Crippen LogP) is 4.03. The van der Waals surface area contributed by atoms with Crippen molar-refractivity contribution in [2.75, 3.05) is 12.0 Å². The number of carbonyl (C=O) groups excluding carboxylic acids is 1. The molecule has 0 bridgehead atoms. The van der Waals surface area contributed by atoms with Gasteiger partial charge in [0.1, 0.15) is 5.82 Å². The maximum Gasteiger partial charge on any atom is 0.233 e. The molecule has 3 heterocycles. The number of nitrogen functional groups attached to an aromatic ring is 1. The van der Waals surface area contributed by atoms with Gasteiger partial charge >= 0.3 is 0 Å². The number of carbonyl (C=O) groups is 1. The Morgan fingerprint density at radius 3 is 2.69 bits per heavy atom. The van der Waals surface area contributed by atoms with Crippen LogP contribution in [0.4, 0.5) is 5.82 Å². The first-order chi connectivity index (χ1) is 16.7. The van der Waals surface area contributed by atoms with Gasteiger partial charge in [0.05, 0.1) is 28.1 Å². The number of hydrogen-bond donors (Lipinski definition) is 2. The summed E-state index contributed by atoms with van der Waals surface area (Å²) in [5, 5.41) is 5.51. The number of hydrogen-bond acceptors (Lipinski definition) is 7. The maximum atomic E-state index is 12.0. The molecule has 9 nitrogen and oxygen atoms in total. The molecule has 11 heteroatoms. The lowest BCUT2D eigenvalue weighted by molar-refractivity contribution is -0.120. The van der Waals surface area contributed by atoms with E-state index in [0.29, 0.717) is 11.5 Å². The van der Waals surface area contributed by atoms with Gasteiger partial charge in [0.25, 0.3) is 0 Å². The standard InChI is InChI=1S/C24H25BrN6O3S/c1-35(33,34)30-20(32)10-14-6-8-15(9-7-14)22-21(25)23(26)31-24(29-22)18(13-28-31)17-11-16-4-2-3-5-19(16)27-12-17/h2-5,11-15H,6-10,26H2,1H3,(H,30,32). The maximum absolute atomic E-state index is 12.0. The summed E-state index contributed by atoms with van der Waals surface area (Å²) in [5.41, 5.74) is 10.7. The number of anilines is 1. The van der Waals surface area contributed by atoms with E-state index in [1.807, 2.05) is 30.5 Å². The topological polar surface area (TPSA) is 132 Å². The van der Waals surface area contributed by atoms with Crippen LogP contribution in [-0.4, -0.2) is 40.2 Å². The van der Waals surface area contributed by atoms with Gasteiger partial charge in [-0.2, -0.15) is 9.61 Å². The first kappa shape index (κ1) is 23.7. The van der Waals surface area contributed by atoms with Gasteiger partial charge < -0.3 is 5.73 Å². The van der Waals surface area contributed by atoms with Crippen LogP contribution in [0.15, 0.2) is 47.2 Å².